The Balaban J connectivity index is 2.21. The van der Waals surface area contributed by atoms with Crippen LogP contribution in [0.5, 0.6) is 0 Å². The van der Waals surface area contributed by atoms with E-state index >= 15 is 0 Å². The van der Waals surface area contributed by atoms with Gasteiger partial charge in [-0.3, -0.25) is 14.4 Å². The van der Waals surface area contributed by atoms with E-state index in [0.717, 1.165) is 0 Å². The Bertz CT molecular complexity index is 717. The van der Waals surface area contributed by atoms with E-state index < -0.39 is 46.6 Å². The molecule has 1 aromatic heterocycles. The first kappa shape index (κ1) is 18.3. The van der Waals surface area contributed by atoms with E-state index in [9.17, 15) is 27.6 Å². The number of carbonyl (C=O) groups is 2. The van der Waals surface area contributed by atoms with E-state index in [1.807, 2.05) is 0 Å². The van der Waals surface area contributed by atoms with E-state index in [1.54, 1.807) is 0 Å². The highest BCUT2D eigenvalue weighted by molar-refractivity contribution is 6.30. The molecule has 0 radical (unpaired) electrons. The van der Waals surface area contributed by atoms with Crippen molar-refractivity contribution < 1.29 is 22.8 Å². The van der Waals surface area contributed by atoms with Crippen LogP contribution < -0.4 is 11.3 Å². The van der Waals surface area contributed by atoms with Crippen molar-refractivity contribution in [1.29, 1.82) is 0 Å². The number of carbonyl (C=O) groups excluding carboxylic acids is 2. The number of nitrogens with two attached hydrogens (primary N) is 1. The Morgan fingerprint density at radius 3 is 2.62 bits per heavy atom. The van der Waals surface area contributed by atoms with E-state index in [4.69, 9.17) is 17.3 Å². The summed E-state index contributed by atoms with van der Waals surface area (Å²) in [6.07, 6.45) is -3.03. The average Bonchev–Trinajstić information content (AvgIpc) is 2.50. The van der Waals surface area contributed by atoms with Crippen LogP contribution in [0.2, 0.25) is 5.02 Å². The first-order valence-electron chi connectivity index (χ1n) is 7.14. The number of primary amides is 1. The number of hydrogen-bond acceptors (Lipinski definition) is 3. The quantitative estimate of drug-likeness (QED) is 0.874. The summed E-state index contributed by atoms with van der Waals surface area (Å²) in [4.78, 5) is 36.6. The maximum atomic E-state index is 12.8. The topological polar surface area (TPSA) is 85.4 Å². The summed E-state index contributed by atoms with van der Waals surface area (Å²) in [6.45, 7) is -0.145. The Kier molecular flexibility index (Phi) is 5.22. The molecule has 6 nitrogen and oxygen atoms in total. The molecule has 2 N–H and O–H groups in total. The molecule has 1 aliphatic heterocycles. The van der Waals surface area contributed by atoms with Gasteiger partial charge in [0, 0.05) is 19.3 Å². The van der Waals surface area contributed by atoms with Crippen molar-refractivity contribution in [3.63, 3.8) is 0 Å². The van der Waals surface area contributed by atoms with Gasteiger partial charge in [-0.25, -0.2) is 0 Å². The van der Waals surface area contributed by atoms with Crippen LogP contribution in [0.25, 0.3) is 0 Å². The van der Waals surface area contributed by atoms with Gasteiger partial charge in [0.1, 0.15) is 11.6 Å². The Morgan fingerprint density at radius 1 is 1.38 bits per heavy atom. The van der Waals surface area contributed by atoms with Gasteiger partial charge in [0.05, 0.1) is 11.5 Å². The summed E-state index contributed by atoms with van der Waals surface area (Å²) >= 11 is 5.54. The third-order valence-corrected chi connectivity index (χ3v) is 4.12. The van der Waals surface area contributed by atoms with Gasteiger partial charge < -0.3 is 15.2 Å². The zero-order valence-corrected chi connectivity index (χ0v) is 13.2. The van der Waals surface area contributed by atoms with Crippen molar-refractivity contribution in [2.24, 2.45) is 11.7 Å². The molecule has 1 saturated heterocycles. The lowest BCUT2D eigenvalue weighted by Crippen LogP contribution is -2.46. The second-order valence-electron chi connectivity index (χ2n) is 5.59. The van der Waals surface area contributed by atoms with Crippen molar-refractivity contribution in [2.45, 2.75) is 25.6 Å². The Morgan fingerprint density at radius 2 is 2.04 bits per heavy atom. The number of likely N-dealkylation sites (tertiary alicyclic amines) is 1. The molecule has 0 aromatic carbocycles. The molecule has 2 rings (SSSR count). The molecule has 10 heteroatoms. The van der Waals surface area contributed by atoms with Crippen LogP contribution in [-0.2, 0) is 22.3 Å². The molecule has 0 bridgehead atoms. The number of aromatic nitrogens is 1. The van der Waals surface area contributed by atoms with Gasteiger partial charge in [-0.05, 0) is 18.9 Å². The maximum Gasteiger partial charge on any atom is 0.417 e. The normalized spacial score (nSPS) is 18.5. The molecule has 24 heavy (non-hydrogen) atoms. The summed E-state index contributed by atoms with van der Waals surface area (Å²) in [5.74, 6) is -1.60. The lowest BCUT2D eigenvalue weighted by atomic mass is 9.97. The van der Waals surface area contributed by atoms with Crippen LogP contribution >= 0.6 is 11.6 Å². The summed E-state index contributed by atoms with van der Waals surface area (Å²) in [5, 5.41) is -0.619. The molecular weight excluding hydrogens is 351 g/mol. The third kappa shape index (κ3) is 4.08. The predicted molar refractivity (Wildman–Crippen MR) is 79.2 cm³/mol. The van der Waals surface area contributed by atoms with Gasteiger partial charge in [0.25, 0.3) is 5.56 Å². The predicted octanol–water partition coefficient (Wildman–Crippen LogP) is 1.24. The monoisotopic (exact) mass is 365 g/mol. The van der Waals surface area contributed by atoms with E-state index in [1.165, 1.54) is 4.90 Å². The van der Waals surface area contributed by atoms with Gasteiger partial charge in [-0.15, -0.1) is 0 Å². The number of hydrogen-bond donors (Lipinski definition) is 1. The average molecular weight is 366 g/mol. The molecule has 0 saturated carbocycles. The fourth-order valence-corrected chi connectivity index (χ4v) is 2.78. The van der Waals surface area contributed by atoms with Crippen LogP contribution in [0.1, 0.15) is 18.4 Å². The van der Waals surface area contributed by atoms with Crippen molar-refractivity contribution >= 4 is 23.4 Å². The molecule has 0 spiro atoms. The van der Waals surface area contributed by atoms with Crippen molar-refractivity contribution in [3.8, 4) is 0 Å². The molecular formula is C14H15ClF3N3O3. The SMILES string of the molecule is NC(=O)[C@@H]1CCCN(C(=O)Cn2cc(C(F)(F)F)cc(Cl)c2=O)C1. The molecule has 1 atom stereocenters. The maximum absolute atomic E-state index is 12.8. The third-order valence-electron chi connectivity index (χ3n) is 3.85. The fraction of sp³-hybridized carbons (Fsp3) is 0.500. The summed E-state index contributed by atoms with van der Waals surface area (Å²) in [5.41, 5.74) is 3.21. The molecule has 1 aromatic rings. The molecule has 1 aliphatic rings. The molecule has 2 heterocycles. The highest BCUT2D eigenvalue weighted by atomic mass is 35.5. The minimum atomic E-state index is -4.69. The van der Waals surface area contributed by atoms with Crippen molar-refractivity contribution in [2.75, 3.05) is 13.1 Å². The number of pyridine rings is 1. The molecule has 0 aliphatic carbocycles. The van der Waals surface area contributed by atoms with Crippen LogP contribution in [0, 0.1) is 5.92 Å². The first-order chi connectivity index (χ1) is 11.1. The largest absolute Gasteiger partial charge is 0.417 e. The highest BCUT2D eigenvalue weighted by Crippen LogP contribution is 2.29. The second kappa shape index (κ2) is 6.84. The molecule has 132 valence electrons. The molecule has 0 unspecified atom stereocenters. The molecule has 2 amide bonds. The fourth-order valence-electron chi connectivity index (χ4n) is 2.55. The number of amides is 2. The second-order valence-corrected chi connectivity index (χ2v) is 6.00. The van der Waals surface area contributed by atoms with E-state index in [2.05, 4.69) is 0 Å². The first-order valence-corrected chi connectivity index (χ1v) is 7.51. The van der Waals surface area contributed by atoms with Gasteiger partial charge in [0.15, 0.2) is 0 Å². The lowest BCUT2D eigenvalue weighted by Gasteiger charge is -2.31. The number of piperidine rings is 1. The zero-order chi connectivity index (χ0) is 18.1. The minimum Gasteiger partial charge on any atom is -0.369 e. The number of nitrogens with zero attached hydrogens (tertiary/aromatic N) is 2. The Labute approximate surface area is 140 Å². The van der Waals surface area contributed by atoms with Crippen molar-refractivity contribution in [3.05, 3.63) is 33.2 Å². The smallest absolute Gasteiger partial charge is 0.369 e. The standard InChI is InChI=1S/C14H15ClF3N3O3/c15-10-4-9(14(16,17)18)6-21(13(10)24)7-11(22)20-3-1-2-8(5-20)12(19)23/h4,6,8H,1-3,5,7H2,(H2,19,23)/t8-/m1/s1. The zero-order valence-electron chi connectivity index (χ0n) is 12.5. The lowest BCUT2D eigenvalue weighted by molar-refractivity contribution is -0.139. The summed E-state index contributed by atoms with van der Waals surface area (Å²) < 4.78 is 39.0. The molecule has 1 fully saturated rings. The number of rotatable bonds is 3. The van der Waals surface area contributed by atoms with Crippen LogP contribution in [0.3, 0.4) is 0 Å². The van der Waals surface area contributed by atoms with Gasteiger partial charge in [-0.2, -0.15) is 13.2 Å². The van der Waals surface area contributed by atoms with E-state index in [-0.39, 0.29) is 6.54 Å². The summed E-state index contributed by atoms with van der Waals surface area (Å²) in [6, 6.07) is 0.523. The minimum absolute atomic E-state index is 0.0929. The van der Waals surface area contributed by atoms with Gasteiger partial charge >= 0.3 is 6.18 Å². The highest BCUT2D eigenvalue weighted by Gasteiger charge is 2.33. The van der Waals surface area contributed by atoms with E-state index in [0.29, 0.717) is 36.2 Å². The number of halogens is 4. The summed E-state index contributed by atoms with van der Waals surface area (Å²) in [7, 11) is 0. The van der Waals surface area contributed by atoms with Crippen LogP contribution in [-0.4, -0.2) is 34.4 Å². The van der Waals surface area contributed by atoms with Crippen LogP contribution in [0.15, 0.2) is 17.1 Å². The number of alkyl halides is 3. The van der Waals surface area contributed by atoms with Gasteiger partial charge in [-0.1, -0.05) is 11.6 Å². The van der Waals surface area contributed by atoms with Crippen molar-refractivity contribution in [1.82, 2.24) is 9.47 Å². The Hall–Kier alpha value is -2.03. The van der Waals surface area contributed by atoms with Gasteiger partial charge in [0.2, 0.25) is 11.8 Å². The van der Waals surface area contributed by atoms with Crippen LogP contribution in [0.4, 0.5) is 13.2 Å².